The second-order valence-electron chi connectivity index (χ2n) is 8.25. The normalized spacial score (nSPS) is 13.9. The zero-order valence-corrected chi connectivity index (χ0v) is 19.4. The van der Waals surface area contributed by atoms with E-state index in [9.17, 15) is 9.18 Å². The molecule has 2 aromatic heterocycles. The highest BCUT2D eigenvalue weighted by molar-refractivity contribution is 5.99. The van der Waals surface area contributed by atoms with Crippen LogP contribution in [-0.2, 0) is 11.3 Å². The first kappa shape index (κ1) is 22.6. The van der Waals surface area contributed by atoms with Gasteiger partial charge in [-0.3, -0.25) is 0 Å². The van der Waals surface area contributed by atoms with Gasteiger partial charge in [0.1, 0.15) is 11.6 Å². The van der Waals surface area contributed by atoms with Gasteiger partial charge in [0.15, 0.2) is 5.65 Å². The summed E-state index contributed by atoms with van der Waals surface area (Å²) in [7, 11) is 0. The number of amides is 1. The van der Waals surface area contributed by atoms with Crippen LogP contribution in [0.25, 0.3) is 22.3 Å². The molecule has 1 fully saturated rings. The molecule has 35 heavy (non-hydrogen) atoms. The van der Waals surface area contributed by atoms with Crippen LogP contribution in [-0.4, -0.2) is 63.5 Å². The molecule has 0 unspecified atom stereocenters. The lowest BCUT2D eigenvalue weighted by molar-refractivity contribution is 0.105. The van der Waals surface area contributed by atoms with Crippen LogP contribution in [0.1, 0.15) is 12.5 Å². The minimum Gasteiger partial charge on any atom is -0.450 e. The molecule has 4 aromatic rings. The number of hydrogen-bond donors (Lipinski definition) is 1. The molecule has 0 aliphatic carbocycles. The highest BCUT2D eigenvalue weighted by Crippen LogP contribution is 2.34. The molecule has 1 aliphatic heterocycles. The van der Waals surface area contributed by atoms with Gasteiger partial charge in [0, 0.05) is 31.7 Å². The number of anilines is 2. The molecule has 0 spiro atoms. The van der Waals surface area contributed by atoms with Crippen molar-refractivity contribution in [3.63, 3.8) is 0 Å². The first-order valence-electron chi connectivity index (χ1n) is 11.5. The molecule has 180 valence electrons. The molecule has 10 heteroatoms. The number of hydrogen-bond acceptors (Lipinski definition) is 7. The molecule has 0 bridgehead atoms. The van der Waals surface area contributed by atoms with Crippen molar-refractivity contribution in [1.29, 1.82) is 0 Å². The van der Waals surface area contributed by atoms with Crippen LogP contribution in [0.5, 0.6) is 0 Å². The second-order valence-corrected chi connectivity index (χ2v) is 8.25. The number of nitrogen functional groups attached to an aromatic ring is 1. The Labute approximate surface area is 201 Å². The molecule has 1 amide bonds. The van der Waals surface area contributed by atoms with Crippen molar-refractivity contribution in [2.75, 3.05) is 43.4 Å². The fraction of sp³-hybridized carbons (Fsp3) is 0.280. The van der Waals surface area contributed by atoms with Crippen LogP contribution in [0, 0.1) is 5.82 Å². The number of ether oxygens (including phenoxy) is 1. The number of carbonyl (C=O) groups excluding carboxylic acids is 1. The third-order valence-corrected chi connectivity index (χ3v) is 6.02. The quantitative estimate of drug-likeness (QED) is 0.471. The lowest BCUT2D eigenvalue weighted by atomic mass is 10.1. The Morgan fingerprint density at radius 3 is 2.46 bits per heavy atom. The summed E-state index contributed by atoms with van der Waals surface area (Å²) in [6.07, 6.45) is -0.331. The third kappa shape index (κ3) is 4.46. The minimum atomic E-state index is -0.402. The zero-order valence-electron chi connectivity index (χ0n) is 19.4. The number of nitrogens with zero attached hydrogens (tertiary/aromatic N) is 6. The van der Waals surface area contributed by atoms with Crippen molar-refractivity contribution < 1.29 is 13.9 Å². The second kappa shape index (κ2) is 9.57. The molecule has 0 saturated carbocycles. The van der Waals surface area contributed by atoms with E-state index in [-0.39, 0.29) is 6.09 Å². The van der Waals surface area contributed by atoms with Gasteiger partial charge in [-0.05, 0) is 24.6 Å². The largest absolute Gasteiger partial charge is 0.450 e. The summed E-state index contributed by atoms with van der Waals surface area (Å²) in [4.78, 5) is 25.1. The molecule has 1 aliphatic rings. The highest BCUT2D eigenvalue weighted by atomic mass is 19.1. The number of aromatic nitrogens is 4. The van der Waals surface area contributed by atoms with Gasteiger partial charge in [0.2, 0.25) is 5.95 Å². The summed E-state index contributed by atoms with van der Waals surface area (Å²) in [6, 6.07) is 16.3. The molecule has 2 N–H and O–H groups in total. The van der Waals surface area contributed by atoms with Crippen molar-refractivity contribution in [3.05, 3.63) is 66.0 Å². The van der Waals surface area contributed by atoms with Gasteiger partial charge in [-0.15, -0.1) is 5.10 Å². The monoisotopic (exact) mass is 475 g/mol. The van der Waals surface area contributed by atoms with Crippen LogP contribution < -0.4 is 10.6 Å². The average Bonchev–Trinajstić information content (AvgIpc) is 3.19. The number of halogens is 1. The maximum atomic E-state index is 14.9. The maximum Gasteiger partial charge on any atom is 0.409 e. The van der Waals surface area contributed by atoms with Crippen molar-refractivity contribution >= 4 is 28.9 Å². The van der Waals surface area contributed by atoms with E-state index in [0.29, 0.717) is 73.4 Å². The zero-order chi connectivity index (χ0) is 24.4. The average molecular weight is 476 g/mol. The Balaban J connectivity index is 1.55. The summed E-state index contributed by atoms with van der Waals surface area (Å²) < 4.78 is 21.6. The van der Waals surface area contributed by atoms with Crippen molar-refractivity contribution in [2.45, 2.75) is 13.5 Å². The van der Waals surface area contributed by atoms with E-state index in [4.69, 9.17) is 15.5 Å². The lowest BCUT2D eigenvalue weighted by Gasteiger charge is -2.34. The van der Waals surface area contributed by atoms with Crippen molar-refractivity contribution in [2.24, 2.45) is 0 Å². The SMILES string of the molecule is CCOC(=O)N1CCN(c2nc(-c3ccccc3F)c3c(N)n(Cc4ccccc4)nc3n2)CC1. The summed E-state index contributed by atoms with van der Waals surface area (Å²) in [5.41, 5.74) is 8.66. The van der Waals surface area contributed by atoms with E-state index < -0.39 is 5.82 Å². The van der Waals surface area contributed by atoms with Crippen LogP contribution in [0.3, 0.4) is 0 Å². The predicted octanol–water partition coefficient (Wildman–Crippen LogP) is 3.54. The number of nitrogens with two attached hydrogens (primary N) is 1. The van der Waals surface area contributed by atoms with Crippen LogP contribution in [0.4, 0.5) is 21.0 Å². The summed E-state index contributed by atoms with van der Waals surface area (Å²) in [5, 5.41) is 5.17. The van der Waals surface area contributed by atoms with Crippen LogP contribution in [0.2, 0.25) is 0 Å². The number of fused-ring (bicyclic) bond motifs is 1. The minimum absolute atomic E-state index is 0.331. The van der Waals surface area contributed by atoms with Gasteiger partial charge in [-0.1, -0.05) is 42.5 Å². The first-order valence-corrected chi connectivity index (χ1v) is 11.5. The molecular formula is C25H26FN7O2. The van der Waals surface area contributed by atoms with E-state index in [0.717, 1.165) is 5.56 Å². The molecular weight excluding hydrogens is 449 g/mol. The topological polar surface area (TPSA) is 102 Å². The Hall–Kier alpha value is -4.21. The Morgan fingerprint density at radius 1 is 1.03 bits per heavy atom. The van der Waals surface area contributed by atoms with E-state index >= 15 is 0 Å². The fourth-order valence-electron chi connectivity index (χ4n) is 4.21. The molecule has 1 saturated heterocycles. The number of piperazine rings is 1. The third-order valence-electron chi connectivity index (χ3n) is 6.02. The van der Waals surface area contributed by atoms with Gasteiger partial charge in [0.25, 0.3) is 0 Å². The number of rotatable bonds is 5. The van der Waals surface area contributed by atoms with Gasteiger partial charge >= 0.3 is 6.09 Å². The smallest absolute Gasteiger partial charge is 0.409 e. The molecule has 0 atom stereocenters. The summed E-state index contributed by atoms with van der Waals surface area (Å²) >= 11 is 0. The molecule has 9 nitrogen and oxygen atoms in total. The van der Waals surface area contributed by atoms with Gasteiger partial charge in [-0.2, -0.15) is 4.98 Å². The van der Waals surface area contributed by atoms with Crippen molar-refractivity contribution in [3.8, 4) is 11.3 Å². The van der Waals surface area contributed by atoms with Gasteiger partial charge < -0.3 is 20.3 Å². The molecule has 2 aromatic carbocycles. The Morgan fingerprint density at radius 2 is 1.74 bits per heavy atom. The van der Waals surface area contributed by atoms with Crippen molar-refractivity contribution in [1.82, 2.24) is 24.6 Å². The van der Waals surface area contributed by atoms with Gasteiger partial charge in [-0.25, -0.2) is 18.9 Å². The summed E-state index contributed by atoms with van der Waals surface area (Å²) in [6.45, 7) is 4.54. The van der Waals surface area contributed by atoms with E-state index in [1.807, 2.05) is 35.2 Å². The first-order chi connectivity index (χ1) is 17.0. The standard InChI is InChI=1S/C25H26FN7O2/c1-2-35-25(34)32-14-12-31(13-15-32)24-28-21(18-10-6-7-11-19(18)26)20-22(27)33(30-23(20)29-24)16-17-8-4-3-5-9-17/h3-11H,2,12-16,27H2,1H3. The van der Waals surface area contributed by atoms with Gasteiger partial charge in [0.05, 0.1) is 24.2 Å². The highest BCUT2D eigenvalue weighted by Gasteiger charge is 2.26. The predicted molar refractivity (Wildman–Crippen MR) is 131 cm³/mol. The number of benzene rings is 2. The van der Waals surface area contributed by atoms with Crippen LogP contribution >= 0.6 is 0 Å². The molecule has 0 radical (unpaired) electrons. The molecule has 5 rings (SSSR count). The molecule has 3 heterocycles. The Bertz CT molecular complexity index is 1350. The maximum absolute atomic E-state index is 14.9. The summed E-state index contributed by atoms with van der Waals surface area (Å²) in [5.74, 6) is 0.394. The fourth-order valence-corrected chi connectivity index (χ4v) is 4.21. The van der Waals surface area contributed by atoms with E-state index in [1.165, 1.54) is 6.07 Å². The number of carbonyl (C=O) groups is 1. The Kier molecular flexibility index (Phi) is 6.17. The lowest BCUT2D eigenvalue weighted by Crippen LogP contribution is -2.49. The van der Waals surface area contributed by atoms with E-state index in [2.05, 4.69) is 10.1 Å². The van der Waals surface area contributed by atoms with Crippen LogP contribution in [0.15, 0.2) is 54.6 Å². The van der Waals surface area contributed by atoms with E-state index in [1.54, 1.807) is 34.7 Å².